The Hall–Kier alpha value is -0.120. The molecule has 0 bridgehead atoms. The van der Waals surface area contributed by atoms with Gasteiger partial charge in [-0.3, -0.25) is 0 Å². The second kappa shape index (κ2) is 7.21. The number of nitrogens with one attached hydrogen (secondary N) is 1. The fraction of sp³-hybridized carbons (Fsp3) is 1.00. The highest BCUT2D eigenvalue weighted by Gasteiger charge is 2.19. The van der Waals surface area contributed by atoms with Crippen molar-refractivity contribution >= 4 is 0 Å². The first-order chi connectivity index (χ1) is 6.52. The molecule has 3 nitrogen and oxygen atoms in total. The normalized spacial score (nSPS) is 14.4. The summed E-state index contributed by atoms with van der Waals surface area (Å²) in [5.41, 5.74) is -0.0116. The van der Waals surface area contributed by atoms with Crippen molar-refractivity contribution in [3.63, 3.8) is 0 Å². The molecule has 0 rings (SSSR count). The van der Waals surface area contributed by atoms with Gasteiger partial charge in [0.05, 0.1) is 12.2 Å². The first kappa shape index (κ1) is 13.9. The van der Waals surface area contributed by atoms with Crippen LogP contribution in [0.25, 0.3) is 0 Å². The molecule has 0 aromatic heterocycles. The van der Waals surface area contributed by atoms with Crippen LogP contribution in [-0.4, -0.2) is 39.5 Å². The average molecular weight is 203 g/mol. The van der Waals surface area contributed by atoms with E-state index in [9.17, 15) is 0 Å². The summed E-state index contributed by atoms with van der Waals surface area (Å²) < 4.78 is 10.3. The Morgan fingerprint density at radius 1 is 1.29 bits per heavy atom. The minimum absolute atomic E-state index is 0.0116. The Bertz CT molecular complexity index is 137. The summed E-state index contributed by atoms with van der Waals surface area (Å²) in [5.74, 6) is 0.627. The molecule has 0 heterocycles. The molecule has 0 amide bonds. The summed E-state index contributed by atoms with van der Waals surface area (Å²) in [7, 11) is 3.49. The van der Waals surface area contributed by atoms with E-state index in [2.05, 4.69) is 26.1 Å². The molecule has 3 heteroatoms. The predicted molar refractivity (Wildman–Crippen MR) is 59.6 cm³/mol. The second-order valence-corrected chi connectivity index (χ2v) is 4.47. The van der Waals surface area contributed by atoms with E-state index < -0.39 is 0 Å². The van der Waals surface area contributed by atoms with E-state index in [0.29, 0.717) is 5.92 Å². The molecular formula is C11H25NO2. The highest BCUT2D eigenvalue weighted by Crippen LogP contribution is 2.18. The van der Waals surface area contributed by atoms with Crippen LogP contribution < -0.4 is 5.32 Å². The van der Waals surface area contributed by atoms with Crippen molar-refractivity contribution in [2.75, 3.05) is 33.9 Å². The largest absolute Gasteiger partial charge is 0.383 e. The summed E-state index contributed by atoms with van der Waals surface area (Å²) in [6.07, 6.45) is 1.07. The molecule has 14 heavy (non-hydrogen) atoms. The van der Waals surface area contributed by atoms with Crippen molar-refractivity contribution in [2.24, 2.45) is 5.92 Å². The standard InChI is InChI=1S/C11H25NO2/c1-10(8-11(2,3)14-5)9-12-6-7-13-4/h10,12H,6-9H2,1-5H3. The summed E-state index contributed by atoms with van der Waals surface area (Å²) in [6, 6.07) is 0. The second-order valence-electron chi connectivity index (χ2n) is 4.47. The SMILES string of the molecule is COCCNCC(C)CC(C)(C)OC. The molecule has 0 aromatic carbocycles. The molecule has 1 atom stereocenters. The molecule has 0 fully saturated rings. The van der Waals surface area contributed by atoms with Gasteiger partial charge in [-0.15, -0.1) is 0 Å². The van der Waals surface area contributed by atoms with Gasteiger partial charge in [-0.2, -0.15) is 0 Å². The predicted octanol–water partition coefficient (Wildman–Crippen LogP) is 1.67. The zero-order valence-corrected chi connectivity index (χ0v) is 10.2. The van der Waals surface area contributed by atoms with Crippen LogP contribution in [0.3, 0.4) is 0 Å². The van der Waals surface area contributed by atoms with Gasteiger partial charge in [0, 0.05) is 20.8 Å². The minimum Gasteiger partial charge on any atom is -0.383 e. The highest BCUT2D eigenvalue weighted by molar-refractivity contribution is 4.72. The Labute approximate surface area is 88.2 Å². The van der Waals surface area contributed by atoms with Crippen LogP contribution in [-0.2, 0) is 9.47 Å². The lowest BCUT2D eigenvalue weighted by Gasteiger charge is -2.26. The lowest BCUT2D eigenvalue weighted by Crippen LogP contribution is -2.31. The van der Waals surface area contributed by atoms with Gasteiger partial charge in [0.25, 0.3) is 0 Å². The molecule has 0 radical (unpaired) electrons. The van der Waals surface area contributed by atoms with E-state index in [1.165, 1.54) is 0 Å². The topological polar surface area (TPSA) is 30.5 Å². The monoisotopic (exact) mass is 203 g/mol. The van der Waals surface area contributed by atoms with Gasteiger partial charge in [-0.05, 0) is 32.7 Å². The first-order valence-corrected chi connectivity index (χ1v) is 5.26. The van der Waals surface area contributed by atoms with Gasteiger partial charge < -0.3 is 14.8 Å². The Kier molecular flexibility index (Phi) is 7.15. The van der Waals surface area contributed by atoms with Gasteiger partial charge in [0.2, 0.25) is 0 Å². The van der Waals surface area contributed by atoms with Crippen molar-refractivity contribution in [1.29, 1.82) is 0 Å². The molecule has 0 aliphatic carbocycles. The molecule has 1 N–H and O–H groups in total. The zero-order chi connectivity index (χ0) is 11.0. The number of hydrogen-bond donors (Lipinski definition) is 1. The van der Waals surface area contributed by atoms with E-state index in [-0.39, 0.29) is 5.60 Å². The number of ether oxygens (including phenoxy) is 2. The van der Waals surface area contributed by atoms with Crippen LogP contribution in [0, 0.1) is 5.92 Å². The maximum absolute atomic E-state index is 5.38. The summed E-state index contributed by atoms with van der Waals surface area (Å²) in [5, 5.41) is 3.35. The molecule has 0 aliphatic heterocycles. The third kappa shape index (κ3) is 7.30. The van der Waals surface area contributed by atoms with Crippen molar-refractivity contribution in [3.8, 4) is 0 Å². The van der Waals surface area contributed by atoms with E-state index in [0.717, 1.165) is 26.1 Å². The molecule has 86 valence electrons. The molecule has 0 spiro atoms. The van der Waals surface area contributed by atoms with Crippen LogP contribution in [0.5, 0.6) is 0 Å². The molecule has 0 saturated carbocycles. The van der Waals surface area contributed by atoms with Gasteiger partial charge in [0.15, 0.2) is 0 Å². The zero-order valence-electron chi connectivity index (χ0n) is 10.2. The van der Waals surface area contributed by atoms with Gasteiger partial charge in [-0.25, -0.2) is 0 Å². The quantitative estimate of drug-likeness (QED) is 0.609. The van der Waals surface area contributed by atoms with Crippen molar-refractivity contribution < 1.29 is 9.47 Å². The van der Waals surface area contributed by atoms with E-state index in [4.69, 9.17) is 9.47 Å². The highest BCUT2D eigenvalue weighted by atomic mass is 16.5. The van der Waals surface area contributed by atoms with Crippen LogP contribution in [0.2, 0.25) is 0 Å². The smallest absolute Gasteiger partial charge is 0.0625 e. The van der Waals surface area contributed by atoms with Crippen molar-refractivity contribution in [3.05, 3.63) is 0 Å². The van der Waals surface area contributed by atoms with Crippen LogP contribution in [0.1, 0.15) is 27.2 Å². The first-order valence-electron chi connectivity index (χ1n) is 5.26. The van der Waals surface area contributed by atoms with Gasteiger partial charge >= 0.3 is 0 Å². The third-order valence-corrected chi connectivity index (χ3v) is 2.37. The van der Waals surface area contributed by atoms with Gasteiger partial charge in [-0.1, -0.05) is 6.92 Å². The molecule has 0 aromatic rings. The van der Waals surface area contributed by atoms with Crippen LogP contribution in [0.4, 0.5) is 0 Å². The molecular weight excluding hydrogens is 178 g/mol. The number of rotatable bonds is 8. The Morgan fingerprint density at radius 2 is 1.93 bits per heavy atom. The fourth-order valence-electron chi connectivity index (χ4n) is 1.52. The van der Waals surface area contributed by atoms with Crippen molar-refractivity contribution in [1.82, 2.24) is 5.32 Å². The average Bonchev–Trinajstić information content (AvgIpc) is 2.12. The maximum atomic E-state index is 5.38. The van der Waals surface area contributed by atoms with E-state index >= 15 is 0 Å². The summed E-state index contributed by atoms with van der Waals surface area (Å²) in [4.78, 5) is 0. The summed E-state index contributed by atoms with van der Waals surface area (Å²) in [6.45, 7) is 9.21. The van der Waals surface area contributed by atoms with Crippen LogP contribution in [0.15, 0.2) is 0 Å². The van der Waals surface area contributed by atoms with E-state index in [1.54, 1.807) is 14.2 Å². The van der Waals surface area contributed by atoms with E-state index in [1.807, 2.05) is 0 Å². The maximum Gasteiger partial charge on any atom is 0.0625 e. The number of hydrogen-bond acceptors (Lipinski definition) is 3. The Balaban J connectivity index is 3.49. The minimum atomic E-state index is -0.0116. The number of methoxy groups -OCH3 is 2. The third-order valence-electron chi connectivity index (χ3n) is 2.37. The van der Waals surface area contributed by atoms with Crippen molar-refractivity contribution in [2.45, 2.75) is 32.8 Å². The molecule has 1 unspecified atom stereocenters. The summed E-state index contributed by atoms with van der Waals surface area (Å²) >= 11 is 0. The fourth-order valence-corrected chi connectivity index (χ4v) is 1.52. The molecule has 0 saturated heterocycles. The molecule has 0 aliphatic rings. The lowest BCUT2D eigenvalue weighted by molar-refractivity contribution is 0.00386. The van der Waals surface area contributed by atoms with Crippen LogP contribution >= 0.6 is 0 Å². The Morgan fingerprint density at radius 3 is 2.43 bits per heavy atom. The lowest BCUT2D eigenvalue weighted by atomic mass is 9.95. The van der Waals surface area contributed by atoms with Gasteiger partial charge in [0.1, 0.15) is 0 Å².